The summed E-state index contributed by atoms with van der Waals surface area (Å²) >= 11 is 0. The molecule has 0 amide bonds. The average Bonchev–Trinajstić information content (AvgIpc) is 3.45. The van der Waals surface area contributed by atoms with Crippen LogP contribution in [0.25, 0.3) is 78.1 Å². The fourth-order valence-corrected chi connectivity index (χ4v) is 5.39. The van der Waals surface area contributed by atoms with Crippen molar-refractivity contribution in [3.05, 3.63) is 134 Å². The summed E-state index contributed by atoms with van der Waals surface area (Å²) < 4.78 is 6.29. The van der Waals surface area contributed by atoms with Gasteiger partial charge in [-0.2, -0.15) is 0 Å². The van der Waals surface area contributed by atoms with Crippen LogP contribution in [0.15, 0.2) is 138 Å². The molecular formula is C36H22N4O. The second kappa shape index (κ2) is 9.50. The molecule has 0 atom stereocenters. The number of benzene rings is 5. The monoisotopic (exact) mass is 526 g/mol. The Kier molecular flexibility index (Phi) is 5.38. The Hall–Kier alpha value is -5.68. The van der Waals surface area contributed by atoms with E-state index in [1.807, 2.05) is 97.2 Å². The van der Waals surface area contributed by atoms with Gasteiger partial charge < -0.3 is 4.42 Å². The molecular weight excluding hydrogens is 504 g/mol. The summed E-state index contributed by atoms with van der Waals surface area (Å²) in [5.41, 5.74) is 6.40. The van der Waals surface area contributed by atoms with Gasteiger partial charge in [0.25, 0.3) is 0 Å². The van der Waals surface area contributed by atoms with Crippen LogP contribution in [-0.4, -0.2) is 19.9 Å². The predicted molar refractivity (Wildman–Crippen MR) is 164 cm³/mol. The van der Waals surface area contributed by atoms with E-state index in [4.69, 9.17) is 24.4 Å². The first-order valence-corrected chi connectivity index (χ1v) is 13.5. The van der Waals surface area contributed by atoms with Crippen LogP contribution in [0.5, 0.6) is 0 Å². The average molecular weight is 527 g/mol. The summed E-state index contributed by atoms with van der Waals surface area (Å²) in [6.45, 7) is 0. The first-order chi connectivity index (χ1) is 20.3. The zero-order chi connectivity index (χ0) is 27.2. The fraction of sp³-hybridized carbons (Fsp3) is 0. The van der Waals surface area contributed by atoms with E-state index in [1.165, 1.54) is 0 Å². The summed E-state index contributed by atoms with van der Waals surface area (Å²) in [6, 6.07) is 42.7. The number of fused-ring (bicyclic) bond motifs is 5. The van der Waals surface area contributed by atoms with Crippen molar-refractivity contribution < 1.29 is 4.42 Å². The molecule has 8 aromatic rings. The molecule has 3 heterocycles. The van der Waals surface area contributed by atoms with Gasteiger partial charge in [-0.3, -0.25) is 4.98 Å². The van der Waals surface area contributed by atoms with E-state index in [2.05, 4.69) is 36.4 Å². The first-order valence-electron chi connectivity index (χ1n) is 13.5. The van der Waals surface area contributed by atoms with Gasteiger partial charge in [-0.05, 0) is 29.7 Å². The number of aromatic nitrogens is 4. The molecule has 5 heteroatoms. The molecule has 3 aromatic heterocycles. The largest absolute Gasteiger partial charge is 0.455 e. The highest BCUT2D eigenvalue weighted by Crippen LogP contribution is 2.37. The molecule has 8 rings (SSSR count). The van der Waals surface area contributed by atoms with E-state index in [9.17, 15) is 0 Å². The maximum absolute atomic E-state index is 6.29. The van der Waals surface area contributed by atoms with Crippen molar-refractivity contribution in [2.75, 3.05) is 0 Å². The lowest BCUT2D eigenvalue weighted by Crippen LogP contribution is -2.00. The smallest absolute Gasteiger partial charge is 0.165 e. The SMILES string of the molecule is c1ccc(-c2nc(-c3ccccc3)nc(-c3ccc(-c4cccc5c4ccc4c6ccccc6oc54)nc3)n2)cc1. The molecule has 5 nitrogen and oxygen atoms in total. The molecule has 0 saturated carbocycles. The quantitative estimate of drug-likeness (QED) is 0.229. The fourth-order valence-electron chi connectivity index (χ4n) is 5.39. The first kappa shape index (κ1) is 23.2. The van der Waals surface area contributed by atoms with E-state index in [1.54, 1.807) is 0 Å². The maximum Gasteiger partial charge on any atom is 0.165 e. The molecule has 0 aliphatic heterocycles. The van der Waals surface area contributed by atoms with Crippen LogP contribution in [0.4, 0.5) is 0 Å². The molecule has 0 spiro atoms. The van der Waals surface area contributed by atoms with Crippen LogP contribution in [0.3, 0.4) is 0 Å². The minimum Gasteiger partial charge on any atom is -0.455 e. The molecule has 0 aliphatic carbocycles. The van der Waals surface area contributed by atoms with Crippen molar-refractivity contribution in [3.8, 4) is 45.4 Å². The third-order valence-electron chi connectivity index (χ3n) is 7.40. The van der Waals surface area contributed by atoms with Crippen LogP contribution in [-0.2, 0) is 0 Å². The minimum absolute atomic E-state index is 0.582. The zero-order valence-corrected chi connectivity index (χ0v) is 21.9. The van der Waals surface area contributed by atoms with Crippen molar-refractivity contribution in [2.24, 2.45) is 0 Å². The van der Waals surface area contributed by atoms with Crippen LogP contribution >= 0.6 is 0 Å². The number of hydrogen-bond acceptors (Lipinski definition) is 5. The Morgan fingerprint density at radius 1 is 0.415 bits per heavy atom. The van der Waals surface area contributed by atoms with E-state index in [-0.39, 0.29) is 0 Å². The van der Waals surface area contributed by atoms with Crippen molar-refractivity contribution in [1.82, 2.24) is 19.9 Å². The molecule has 0 saturated heterocycles. The van der Waals surface area contributed by atoms with Crippen LogP contribution in [0.2, 0.25) is 0 Å². The lowest BCUT2D eigenvalue weighted by Gasteiger charge is -2.10. The summed E-state index contributed by atoms with van der Waals surface area (Å²) in [4.78, 5) is 19.3. The number of rotatable bonds is 4. The molecule has 192 valence electrons. The Morgan fingerprint density at radius 2 is 1.00 bits per heavy atom. The maximum atomic E-state index is 6.29. The summed E-state index contributed by atoms with van der Waals surface area (Å²) in [7, 11) is 0. The molecule has 41 heavy (non-hydrogen) atoms. The zero-order valence-electron chi connectivity index (χ0n) is 21.9. The van der Waals surface area contributed by atoms with E-state index in [0.29, 0.717) is 17.5 Å². The van der Waals surface area contributed by atoms with Crippen LogP contribution < -0.4 is 0 Å². The third-order valence-corrected chi connectivity index (χ3v) is 7.40. The molecule has 0 radical (unpaired) electrons. The molecule has 0 unspecified atom stereocenters. The van der Waals surface area contributed by atoms with Gasteiger partial charge >= 0.3 is 0 Å². The predicted octanol–water partition coefficient (Wildman–Crippen LogP) is 8.99. The standard InChI is InChI=1S/C36H22N4O/c1-3-10-23(11-4-1)34-38-35(24-12-5-2-6-13-24)40-36(39-34)25-18-21-31(37-22-25)27-15-9-16-29-26(27)19-20-30-28-14-7-8-17-32(28)41-33(29)30/h1-22H. The van der Waals surface area contributed by atoms with Crippen LogP contribution in [0.1, 0.15) is 0 Å². The summed E-state index contributed by atoms with van der Waals surface area (Å²) in [6.07, 6.45) is 1.84. The molecule has 0 fully saturated rings. The second-order valence-electron chi connectivity index (χ2n) is 9.91. The van der Waals surface area contributed by atoms with Crippen molar-refractivity contribution in [3.63, 3.8) is 0 Å². The van der Waals surface area contributed by atoms with Gasteiger partial charge in [0, 0.05) is 44.6 Å². The Morgan fingerprint density at radius 3 is 1.68 bits per heavy atom. The second-order valence-corrected chi connectivity index (χ2v) is 9.91. The number of furan rings is 1. The number of hydrogen-bond donors (Lipinski definition) is 0. The van der Waals surface area contributed by atoms with E-state index < -0.39 is 0 Å². The lowest BCUT2D eigenvalue weighted by molar-refractivity contribution is 0.672. The van der Waals surface area contributed by atoms with Gasteiger partial charge in [-0.25, -0.2) is 15.0 Å². The number of nitrogens with zero attached hydrogens (tertiary/aromatic N) is 4. The van der Waals surface area contributed by atoms with Crippen LogP contribution in [0, 0.1) is 0 Å². The highest BCUT2D eigenvalue weighted by Gasteiger charge is 2.15. The lowest BCUT2D eigenvalue weighted by atomic mass is 9.99. The van der Waals surface area contributed by atoms with Gasteiger partial charge in [0.1, 0.15) is 11.2 Å². The highest BCUT2D eigenvalue weighted by atomic mass is 16.3. The topological polar surface area (TPSA) is 64.7 Å². The number of para-hydroxylation sites is 1. The molecule has 5 aromatic carbocycles. The highest BCUT2D eigenvalue weighted by molar-refractivity contribution is 6.17. The van der Waals surface area contributed by atoms with Gasteiger partial charge in [0.15, 0.2) is 17.5 Å². The van der Waals surface area contributed by atoms with Crippen molar-refractivity contribution >= 4 is 32.7 Å². The third kappa shape index (κ3) is 4.03. The molecule has 0 aliphatic rings. The Balaban J connectivity index is 1.23. The summed E-state index contributed by atoms with van der Waals surface area (Å²) in [5, 5.41) is 4.41. The Bertz CT molecular complexity index is 2130. The minimum atomic E-state index is 0.582. The molecule has 0 N–H and O–H groups in total. The summed E-state index contributed by atoms with van der Waals surface area (Å²) in [5.74, 6) is 1.84. The van der Waals surface area contributed by atoms with Gasteiger partial charge in [-0.15, -0.1) is 0 Å². The Labute approximate surface area is 235 Å². The van der Waals surface area contributed by atoms with E-state index >= 15 is 0 Å². The normalized spacial score (nSPS) is 11.4. The van der Waals surface area contributed by atoms with Gasteiger partial charge in [0.05, 0.1) is 5.69 Å². The van der Waals surface area contributed by atoms with Gasteiger partial charge in [0.2, 0.25) is 0 Å². The molecule has 0 bridgehead atoms. The van der Waals surface area contributed by atoms with Crippen molar-refractivity contribution in [2.45, 2.75) is 0 Å². The van der Waals surface area contributed by atoms with Crippen molar-refractivity contribution in [1.29, 1.82) is 0 Å². The van der Waals surface area contributed by atoms with Gasteiger partial charge in [-0.1, -0.05) is 103 Å². The van der Waals surface area contributed by atoms with E-state index in [0.717, 1.165) is 60.7 Å². The number of pyridine rings is 1.